The summed E-state index contributed by atoms with van der Waals surface area (Å²) in [4.78, 5) is 13.4. The second-order valence-electron chi connectivity index (χ2n) is 6.17. The average molecular weight is 278 g/mol. The topological polar surface area (TPSA) is 55.6 Å². The molecule has 1 fully saturated rings. The Kier molecular flexibility index (Phi) is 5.12. The maximum absolute atomic E-state index is 13.2. The van der Waals surface area contributed by atoms with E-state index in [4.69, 9.17) is 10.5 Å². The molecule has 1 rings (SSSR count). The van der Waals surface area contributed by atoms with E-state index in [9.17, 15) is 13.6 Å². The third kappa shape index (κ3) is 5.72. The van der Waals surface area contributed by atoms with Crippen molar-refractivity contribution in [1.29, 1.82) is 0 Å². The predicted molar refractivity (Wildman–Crippen MR) is 69.1 cm³/mol. The molecule has 19 heavy (non-hydrogen) atoms. The molecule has 112 valence electrons. The van der Waals surface area contributed by atoms with Crippen molar-refractivity contribution < 1.29 is 18.3 Å². The Hall–Kier alpha value is -0.910. The number of likely N-dealkylation sites (tertiary alicyclic amines) is 1. The normalized spacial score (nSPS) is 18.5. The van der Waals surface area contributed by atoms with Crippen molar-refractivity contribution in [1.82, 2.24) is 4.90 Å². The van der Waals surface area contributed by atoms with Crippen molar-refractivity contribution in [3.05, 3.63) is 0 Å². The Balaban J connectivity index is 2.39. The number of hydrogen-bond acceptors (Lipinski definition) is 3. The first-order chi connectivity index (χ1) is 8.63. The molecular weight excluding hydrogens is 254 g/mol. The van der Waals surface area contributed by atoms with Gasteiger partial charge in [0.15, 0.2) is 0 Å². The number of nitrogens with zero attached hydrogens (tertiary/aromatic N) is 1. The van der Waals surface area contributed by atoms with Gasteiger partial charge in [-0.1, -0.05) is 0 Å². The smallest absolute Gasteiger partial charge is 0.410 e. The molecule has 0 aliphatic carbocycles. The van der Waals surface area contributed by atoms with Gasteiger partial charge >= 0.3 is 6.09 Å². The van der Waals surface area contributed by atoms with Gasteiger partial charge < -0.3 is 15.4 Å². The highest BCUT2D eigenvalue weighted by molar-refractivity contribution is 5.68. The van der Waals surface area contributed by atoms with Gasteiger partial charge in [0.2, 0.25) is 0 Å². The van der Waals surface area contributed by atoms with Gasteiger partial charge in [0.05, 0.1) is 6.54 Å². The lowest BCUT2D eigenvalue weighted by atomic mass is 9.91. The van der Waals surface area contributed by atoms with Crippen LogP contribution in [0.25, 0.3) is 0 Å². The number of carbonyl (C=O) groups excluding carboxylic acids is 1. The fraction of sp³-hybridized carbons (Fsp3) is 0.923. The number of nitrogens with two attached hydrogens (primary N) is 1. The number of rotatable bonds is 3. The summed E-state index contributed by atoms with van der Waals surface area (Å²) in [5.41, 5.74) is 4.51. The molecule has 0 saturated carbocycles. The summed E-state index contributed by atoms with van der Waals surface area (Å²) in [7, 11) is 0. The van der Waals surface area contributed by atoms with Crippen LogP contribution >= 0.6 is 0 Å². The molecule has 1 heterocycles. The molecule has 2 N–H and O–H groups in total. The number of hydrogen-bond donors (Lipinski definition) is 1. The van der Waals surface area contributed by atoms with Crippen molar-refractivity contribution in [2.45, 2.75) is 51.6 Å². The van der Waals surface area contributed by atoms with Gasteiger partial charge in [0, 0.05) is 19.5 Å². The van der Waals surface area contributed by atoms with Crippen LogP contribution in [0.1, 0.15) is 40.0 Å². The highest BCUT2D eigenvalue weighted by atomic mass is 19.3. The Bertz CT molecular complexity index is 308. The first kappa shape index (κ1) is 16.1. The van der Waals surface area contributed by atoms with E-state index < -0.39 is 18.1 Å². The van der Waals surface area contributed by atoms with Crippen LogP contribution in [0.2, 0.25) is 0 Å². The zero-order valence-corrected chi connectivity index (χ0v) is 11.9. The predicted octanol–water partition coefficient (Wildman–Crippen LogP) is 2.62. The minimum atomic E-state index is -2.79. The summed E-state index contributed by atoms with van der Waals surface area (Å²) < 4.78 is 31.6. The fourth-order valence-corrected chi connectivity index (χ4v) is 2.15. The van der Waals surface area contributed by atoms with Gasteiger partial charge in [-0.05, 0) is 39.5 Å². The molecule has 4 nitrogen and oxygen atoms in total. The summed E-state index contributed by atoms with van der Waals surface area (Å²) >= 11 is 0. The van der Waals surface area contributed by atoms with Crippen LogP contribution in [0.3, 0.4) is 0 Å². The molecule has 1 aliphatic rings. The first-order valence-electron chi connectivity index (χ1n) is 6.69. The van der Waals surface area contributed by atoms with Crippen LogP contribution in [0, 0.1) is 5.92 Å². The molecule has 0 spiro atoms. The highest BCUT2D eigenvalue weighted by Crippen LogP contribution is 2.29. The van der Waals surface area contributed by atoms with Gasteiger partial charge in [-0.15, -0.1) is 0 Å². The number of carbonyl (C=O) groups is 1. The molecule has 0 atom stereocenters. The lowest BCUT2D eigenvalue weighted by Gasteiger charge is -2.34. The van der Waals surface area contributed by atoms with E-state index in [2.05, 4.69) is 0 Å². The van der Waals surface area contributed by atoms with Crippen LogP contribution in [-0.2, 0) is 4.74 Å². The number of amides is 1. The number of ether oxygens (including phenoxy) is 1. The van der Waals surface area contributed by atoms with E-state index in [0.29, 0.717) is 25.9 Å². The van der Waals surface area contributed by atoms with Crippen LogP contribution in [-0.4, -0.2) is 42.2 Å². The molecule has 0 radical (unpaired) electrons. The second-order valence-corrected chi connectivity index (χ2v) is 6.17. The van der Waals surface area contributed by atoms with Crippen molar-refractivity contribution in [2.75, 3.05) is 19.6 Å². The summed E-state index contributed by atoms with van der Waals surface area (Å²) in [5.74, 6) is -2.86. The quantitative estimate of drug-likeness (QED) is 0.863. The molecule has 0 aromatic rings. The molecule has 0 unspecified atom stereocenters. The third-order valence-electron chi connectivity index (χ3n) is 3.15. The molecule has 0 aromatic carbocycles. The molecule has 1 aliphatic heterocycles. The highest BCUT2D eigenvalue weighted by Gasteiger charge is 2.34. The van der Waals surface area contributed by atoms with Crippen molar-refractivity contribution >= 4 is 6.09 Å². The van der Waals surface area contributed by atoms with Gasteiger partial charge in [0.1, 0.15) is 5.60 Å². The Morgan fingerprint density at radius 1 is 1.32 bits per heavy atom. The summed E-state index contributed by atoms with van der Waals surface area (Å²) in [5, 5.41) is 0. The lowest BCUT2D eigenvalue weighted by molar-refractivity contribution is -0.0249. The van der Waals surface area contributed by atoms with Gasteiger partial charge in [-0.25, -0.2) is 13.6 Å². The van der Waals surface area contributed by atoms with Crippen LogP contribution in [0.4, 0.5) is 13.6 Å². The standard InChI is InChI=1S/C13H24F2N2O2/c1-12(2,3)19-11(18)17-6-4-10(5-7-17)8-13(14,15)9-16/h10H,4-9,16H2,1-3H3. The van der Waals surface area contributed by atoms with E-state index in [1.807, 2.05) is 0 Å². The average Bonchev–Trinajstić information content (AvgIpc) is 2.27. The molecule has 6 heteroatoms. The SMILES string of the molecule is CC(C)(C)OC(=O)N1CCC(CC(F)(F)CN)CC1. The number of piperidine rings is 1. The van der Waals surface area contributed by atoms with Crippen LogP contribution < -0.4 is 5.73 Å². The van der Waals surface area contributed by atoms with E-state index >= 15 is 0 Å². The Morgan fingerprint density at radius 2 is 1.84 bits per heavy atom. The van der Waals surface area contributed by atoms with Crippen LogP contribution in [0.15, 0.2) is 0 Å². The minimum absolute atomic E-state index is 0.0720. The van der Waals surface area contributed by atoms with Crippen molar-refractivity contribution in [3.8, 4) is 0 Å². The lowest BCUT2D eigenvalue weighted by Crippen LogP contribution is -2.43. The van der Waals surface area contributed by atoms with Crippen LogP contribution in [0.5, 0.6) is 0 Å². The first-order valence-corrected chi connectivity index (χ1v) is 6.69. The van der Waals surface area contributed by atoms with Gasteiger partial charge in [-0.2, -0.15) is 0 Å². The molecule has 1 saturated heterocycles. The summed E-state index contributed by atoms with van der Waals surface area (Å²) in [6.07, 6.45) is 0.603. The summed E-state index contributed by atoms with van der Waals surface area (Å²) in [6.45, 7) is 5.75. The summed E-state index contributed by atoms with van der Waals surface area (Å²) in [6, 6.07) is 0. The monoisotopic (exact) mass is 278 g/mol. The van der Waals surface area contributed by atoms with E-state index in [1.165, 1.54) is 0 Å². The number of alkyl halides is 2. The van der Waals surface area contributed by atoms with Gasteiger partial charge in [0.25, 0.3) is 5.92 Å². The van der Waals surface area contributed by atoms with Gasteiger partial charge in [-0.3, -0.25) is 0 Å². The Morgan fingerprint density at radius 3 is 2.26 bits per heavy atom. The molecule has 1 amide bonds. The fourth-order valence-electron chi connectivity index (χ4n) is 2.15. The molecule has 0 aromatic heterocycles. The zero-order valence-electron chi connectivity index (χ0n) is 11.9. The van der Waals surface area contributed by atoms with Crippen molar-refractivity contribution in [3.63, 3.8) is 0 Å². The largest absolute Gasteiger partial charge is 0.444 e. The van der Waals surface area contributed by atoms with Crippen molar-refractivity contribution in [2.24, 2.45) is 11.7 Å². The molecule has 0 bridgehead atoms. The van der Waals surface area contributed by atoms with E-state index in [0.717, 1.165) is 0 Å². The zero-order chi connectivity index (χ0) is 14.7. The molecular formula is C13H24F2N2O2. The maximum Gasteiger partial charge on any atom is 0.410 e. The second kappa shape index (κ2) is 6.03. The van der Waals surface area contributed by atoms with E-state index in [1.54, 1.807) is 25.7 Å². The van der Waals surface area contributed by atoms with E-state index in [-0.39, 0.29) is 18.4 Å². The minimum Gasteiger partial charge on any atom is -0.444 e. The number of halogens is 2. The Labute approximate surface area is 113 Å². The maximum atomic E-state index is 13.2. The third-order valence-corrected chi connectivity index (χ3v) is 3.15.